The van der Waals surface area contributed by atoms with Gasteiger partial charge in [0.25, 0.3) is 5.91 Å². The summed E-state index contributed by atoms with van der Waals surface area (Å²) in [7, 11) is 0. The van der Waals surface area contributed by atoms with Crippen LogP contribution in [0.5, 0.6) is 0 Å². The minimum Gasteiger partial charge on any atom is -0.332 e. The van der Waals surface area contributed by atoms with Crippen LogP contribution < -0.4 is 5.32 Å². The molecule has 0 aliphatic rings. The smallest absolute Gasteiger partial charge is 0.252 e. The van der Waals surface area contributed by atoms with Crippen LogP contribution >= 0.6 is 11.3 Å². The number of carbonyl (C=O) groups excluding carboxylic acids is 1. The molecule has 1 unspecified atom stereocenters. The van der Waals surface area contributed by atoms with E-state index in [1.807, 2.05) is 6.07 Å². The van der Waals surface area contributed by atoms with Gasteiger partial charge in [0, 0.05) is 10.4 Å². The zero-order chi connectivity index (χ0) is 13.8. The van der Waals surface area contributed by atoms with E-state index in [4.69, 9.17) is 5.26 Å². The molecule has 1 amide bonds. The molecule has 2 aromatic rings. The van der Waals surface area contributed by atoms with Crippen LogP contribution in [0.4, 0.5) is 8.78 Å². The maximum atomic E-state index is 13.0. The summed E-state index contributed by atoms with van der Waals surface area (Å²) in [6, 6.07) is 7.44. The van der Waals surface area contributed by atoms with Crippen LogP contribution in [-0.4, -0.2) is 5.91 Å². The predicted molar refractivity (Wildman–Crippen MR) is 66.5 cm³/mol. The number of hydrogen-bond acceptors (Lipinski definition) is 3. The Bertz CT molecular complexity index is 635. The van der Waals surface area contributed by atoms with Gasteiger partial charge in [-0.1, -0.05) is 6.07 Å². The number of nitrogens with one attached hydrogen (secondary N) is 1. The Kier molecular flexibility index (Phi) is 3.88. The zero-order valence-corrected chi connectivity index (χ0v) is 10.4. The van der Waals surface area contributed by atoms with Gasteiger partial charge in [0.1, 0.15) is 0 Å². The Morgan fingerprint density at radius 3 is 2.68 bits per heavy atom. The first-order chi connectivity index (χ1) is 9.11. The molecule has 19 heavy (non-hydrogen) atoms. The highest BCUT2D eigenvalue weighted by molar-refractivity contribution is 7.10. The molecule has 1 atom stereocenters. The molecule has 0 spiro atoms. The molecule has 1 aromatic carbocycles. The highest BCUT2D eigenvalue weighted by Gasteiger charge is 2.17. The molecule has 96 valence electrons. The van der Waals surface area contributed by atoms with Crippen LogP contribution in [0, 0.1) is 23.0 Å². The van der Waals surface area contributed by atoms with E-state index in [2.05, 4.69) is 5.32 Å². The summed E-state index contributed by atoms with van der Waals surface area (Å²) in [4.78, 5) is 12.5. The van der Waals surface area contributed by atoms with Crippen molar-refractivity contribution in [2.24, 2.45) is 0 Å². The van der Waals surface area contributed by atoms with E-state index >= 15 is 0 Å². The Hall–Kier alpha value is -2.26. The number of amides is 1. The molecular weight excluding hydrogens is 270 g/mol. The van der Waals surface area contributed by atoms with E-state index in [0.717, 1.165) is 18.2 Å². The van der Waals surface area contributed by atoms with Gasteiger partial charge in [0.2, 0.25) is 0 Å². The number of halogens is 2. The van der Waals surface area contributed by atoms with Crippen molar-refractivity contribution in [3.05, 3.63) is 57.8 Å². The van der Waals surface area contributed by atoms with Crippen LogP contribution in [0.15, 0.2) is 35.7 Å². The first-order valence-electron chi connectivity index (χ1n) is 5.30. The summed E-state index contributed by atoms with van der Waals surface area (Å²) in [5, 5.41) is 13.2. The lowest BCUT2D eigenvalue weighted by Gasteiger charge is -2.10. The van der Waals surface area contributed by atoms with Gasteiger partial charge in [0.05, 0.1) is 6.07 Å². The highest BCUT2D eigenvalue weighted by atomic mass is 32.1. The zero-order valence-electron chi connectivity index (χ0n) is 9.56. The molecule has 1 heterocycles. The van der Waals surface area contributed by atoms with Crippen molar-refractivity contribution in [3.8, 4) is 6.07 Å². The molecule has 2 rings (SSSR count). The van der Waals surface area contributed by atoms with Crippen LogP contribution in [-0.2, 0) is 0 Å². The molecule has 0 radical (unpaired) electrons. The molecule has 0 bridgehead atoms. The molecular formula is C13H8F2N2OS. The van der Waals surface area contributed by atoms with Crippen LogP contribution in [0.3, 0.4) is 0 Å². The number of hydrogen-bond donors (Lipinski definition) is 1. The Morgan fingerprint density at radius 2 is 2.11 bits per heavy atom. The fraction of sp³-hybridized carbons (Fsp3) is 0.0769. The average Bonchev–Trinajstić information content (AvgIpc) is 2.92. The summed E-state index contributed by atoms with van der Waals surface area (Å²) in [5.41, 5.74) is -0.0318. The summed E-state index contributed by atoms with van der Waals surface area (Å²) in [6.45, 7) is 0. The van der Waals surface area contributed by atoms with Crippen molar-refractivity contribution in [1.82, 2.24) is 5.32 Å². The second kappa shape index (κ2) is 5.59. The summed E-state index contributed by atoms with van der Waals surface area (Å²) >= 11 is 1.33. The number of nitriles is 1. The third-order valence-corrected chi connectivity index (χ3v) is 3.35. The largest absolute Gasteiger partial charge is 0.332 e. The number of nitrogens with zero attached hydrogens (tertiary/aromatic N) is 1. The van der Waals surface area contributed by atoms with E-state index in [1.54, 1.807) is 17.5 Å². The van der Waals surface area contributed by atoms with Crippen molar-refractivity contribution in [2.45, 2.75) is 6.04 Å². The van der Waals surface area contributed by atoms with Gasteiger partial charge in [-0.25, -0.2) is 8.78 Å². The lowest BCUT2D eigenvalue weighted by atomic mass is 10.2. The predicted octanol–water partition coefficient (Wildman–Crippen LogP) is 3.02. The molecule has 0 saturated heterocycles. The maximum absolute atomic E-state index is 13.0. The average molecular weight is 278 g/mol. The van der Waals surface area contributed by atoms with Gasteiger partial charge < -0.3 is 5.32 Å². The quantitative estimate of drug-likeness (QED) is 0.938. The van der Waals surface area contributed by atoms with Gasteiger partial charge in [0.15, 0.2) is 17.7 Å². The molecule has 0 fully saturated rings. The van der Waals surface area contributed by atoms with Crippen LogP contribution in [0.25, 0.3) is 0 Å². The van der Waals surface area contributed by atoms with Gasteiger partial charge in [-0.3, -0.25) is 4.79 Å². The number of carbonyl (C=O) groups is 1. The van der Waals surface area contributed by atoms with Gasteiger partial charge in [-0.15, -0.1) is 11.3 Å². The molecule has 3 nitrogen and oxygen atoms in total. The first-order valence-corrected chi connectivity index (χ1v) is 6.18. The maximum Gasteiger partial charge on any atom is 0.252 e. The second-order valence-corrected chi connectivity index (χ2v) is 4.66. The SMILES string of the molecule is N#CC(NC(=O)c1ccc(F)c(F)c1)c1cccs1. The fourth-order valence-electron chi connectivity index (χ4n) is 1.47. The van der Waals surface area contributed by atoms with E-state index < -0.39 is 23.6 Å². The highest BCUT2D eigenvalue weighted by Crippen LogP contribution is 2.19. The third-order valence-electron chi connectivity index (χ3n) is 2.41. The summed E-state index contributed by atoms with van der Waals surface area (Å²) in [6.07, 6.45) is 0. The Labute approximate surface area is 112 Å². The van der Waals surface area contributed by atoms with E-state index in [9.17, 15) is 13.6 Å². The first kappa shape index (κ1) is 13.2. The monoisotopic (exact) mass is 278 g/mol. The summed E-state index contributed by atoms with van der Waals surface area (Å²) in [5.74, 6) is -2.75. The molecule has 0 aliphatic heterocycles. The van der Waals surface area contributed by atoms with Gasteiger partial charge >= 0.3 is 0 Å². The second-order valence-electron chi connectivity index (χ2n) is 3.68. The lowest BCUT2D eigenvalue weighted by molar-refractivity contribution is 0.0945. The minimum atomic E-state index is -1.10. The molecule has 0 aliphatic carbocycles. The number of benzene rings is 1. The van der Waals surface area contributed by atoms with Gasteiger partial charge in [-0.2, -0.15) is 5.26 Å². The fourth-order valence-corrected chi connectivity index (χ4v) is 2.19. The Balaban J connectivity index is 2.16. The van der Waals surface area contributed by atoms with Crippen LogP contribution in [0.1, 0.15) is 21.3 Å². The van der Waals surface area contributed by atoms with E-state index in [1.165, 1.54) is 11.3 Å². The molecule has 1 aromatic heterocycles. The Morgan fingerprint density at radius 1 is 1.32 bits per heavy atom. The van der Waals surface area contributed by atoms with Crippen LogP contribution in [0.2, 0.25) is 0 Å². The van der Waals surface area contributed by atoms with Crippen molar-refractivity contribution < 1.29 is 13.6 Å². The number of rotatable bonds is 3. The third kappa shape index (κ3) is 2.95. The van der Waals surface area contributed by atoms with Crippen molar-refractivity contribution in [1.29, 1.82) is 5.26 Å². The molecule has 0 saturated carbocycles. The minimum absolute atomic E-state index is 0.0318. The van der Waals surface area contributed by atoms with E-state index in [-0.39, 0.29) is 5.56 Å². The van der Waals surface area contributed by atoms with Crippen molar-refractivity contribution >= 4 is 17.2 Å². The summed E-state index contributed by atoms with van der Waals surface area (Å²) < 4.78 is 25.8. The normalized spacial score (nSPS) is 11.6. The molecule has 1 N–H and O–H groups in total. The number of thiophene rings is 1. The van der Waals surface area contributed by atoms with Crippen molar-refractivity contribution in [2.75, 3.05) is 0 Å². The van der Waals surface area contributed by atoms with E-state index in [0.29, 0.717) is 4.88 Å². The topological polar surface area (TPSA) is 52.9 Å². The lowest BCUT2D eigenvalue weighted by Crippen LogP contribution is -2.27. The molecule has 6 heteroatoms. The van der Waals surface area contributed by atoms with Gasteiger partial charge in [-0.05, 0) is 29.6 Å². The standard InChI is InChI=1S/C13H8F2N2OS/c14-9-4-3-8(6-10(9)15)13(18)17-11(7-16)12-2-1-5-19-12/h1-6,11H,(H,17,18). The van der Waals surface area contributed by atoms with Crippen molar-refractivity contribution in [3.63, 3.8) is 0 Å².